The van der Waals surface area contributed by atoms with Gasteiger partial charge in [-0.3, -0.25) is 4.99 Å². The molecular weight excluding hydrogens is 216 g/mol. The van der Waals surface area contributed by atoms with Gasteiger partial charge in [0.25, 0.3) is 0 Å². The van der Waals surface area contributed by atoms with Gasteiger partial charge in [0.05, 0.1) is 6.20 Å². The molecule has 0 radical (unpaired) electrons. The number of fused-ring (bicyclic) bond motifs is 1. The lowest BCUT2D eigenvalue weighted by Gasteiger charge is -2.11. The standard InChI is InChI=1S/C12H16N4O/c1-13-10-4-5-11(14-2)9-7-16(17)12(15-3)6-8(9)10/h4-7,13-14,17H,1-3H3. The van der Waals surface area contributed by atoms with Crippen LogP contribution in [-0.2, 0) is 0 Å². The zero-order valence-electron chi connectivity index (χ0n) is 10.2. The molecule has 0 saturated carbocycles. The minimum Gasteiger partial charge on any atom is -0.427 e. The summed E-state index contributed by atoms with van der Waals surface area (Å²) < 4.78 is 1.03. The molecule has 0 aliphatic carbocycles. The van der Waals surface area contributed by atoms with E-state index in [1.54, 1.807) is 13.2 Å². The second-order valence-corrected chi connectivity index (χ2v) is 3.69. The van der Waals surface area contributed by atoms with Gasteiger partial charge >= 0.3 is 0 Å². The van der Waals surface area contributed by atoms with Crippen molar-refractivity contribution in [1.82, 2.24) is 4.73 Å². The maximum absolute atomic E-state index is 9.77. The third-order valence-electron chi connectivity index (χ3n) is 2.81. The predicted octanol–water partition coefficient (Wildman–Crippen LogP) is 1.49. The van der Waals surface area contributed by atoms with Gasteiger partial charge in [0.1, 0.15) is 0 Å². The molecule has 90 valence electrons. The summed E-state index contributed by atoms with van der Waals surface area (Å²) in [6, 6.07) is 5.81. The summed E-state index contributed by atoms with van der Waals surface area (Å²) in [5.41, 5.74) is 2.48. The number of pyridine rings is 1. The Balaban J connectivity index is 2.91. The molecule has 3 N–H and O–H groups in total. The SMILES string of the molecule is CN=c1cc2c(NC)ccc(NC)c2cn1O. The Morgan fingerprint density at radius 3 is 2.24 bits per heavy atom. The van der Waals surface area contributed by atoms with Crippen molar-refractivity contribution in [2.45, 2.75) is 0 Å². The first kappa shape index (κ1) is 11.3. The van der Waals surface area contributed by atoms with E-state index in [1.165, 1.54) is 0 Å². The van der Waals surface area contributed by atoms with Crippen LogP contribution in [0.25, 0.3) is 10.8 Å². The van der Waals surface area contributed by atoms with Gasteiger partial charge < -0.3 is 15.8 Å². The Kier molecular flexibility index (Phi) is 2.91. The van der Waals surface area contributed by atoms with E-state index in [4.69, 9.17) is 0 Å². The zero-order chi connectivity index (χ0) is 12.4. The second-order valence-electron chi connectivity index (χ2n) is 3.69. The van der Waals surface area contributed by atoms with E-state index in [1.807, 2.05) is 32.3 Å². The van der Waals surface area contributed by atoms with Crippen LogP contribution in [0.3, 0.4) is 0 Å². The van der Waals surface area contributed by atoms with E-state index >= 15 is 0 Å². The molecule has 1 aromatic carbocycles. The summed E-state index contributed by atoms with van der Waals surface area (Å²) in [4.78, 5) is 4.02. The van der Waals surface area contributed by atoms with Crippen LogP contribution in [0.1, 0.15) is 0 Å². The van der Waals surface area contributed by atoms with Crippen LogP contribution in [-0.4, -0.2) is 31.1 Å². The summed E-state index contributed by atoms with van der Waals surface area (Å²) in [7, 11) is 5.37. The molecule has 1 heterocycles. The molecule has 0 amide bonds. The molecule has 5 nitrogen and oxygen atoms in total. The highest BCUT2D eigenvalue weighted by molar-refractivity contribution is 6.01. The number of benzene rings is 1. The normalized spacial score (nSPS) is 11.8. The number of hydrogen-bond donors (Lipinski definition) is 3. The second kappa shape index (κ2) is 4.37. The lowest BCUT2D eigenvalue weighted by molar-refractivity contribution is 0.173. The highest BCUT2D eigenvalue weighted by Crippen LogP contribution is 2.28. The molecule has 2 aromatic rings. The topological polar surface area (TPSA) is 61.6 Å². The van der Waals surface area contributed by atoms with E-state index in [2.05, 4.69) is 15.6 Å². The van der Waals surface area contributed by atoms with Gasteiger partial charge in [0, 0.05) is 43.3 Å². The van der Waals surface area contributed by atoms with Gasteiger partial charge in [-0.25, -0.2) is 0 Å². The van der Waals surface area contributed by atoms with E-state index < -0.39 is 0 Å². The molecule has 17 heavy (non-hydrogen) atoms. The smallest absolute Gasteiger partial charge is 0.163 e. The molecule has 0 unspecified atom stereocenters. The minimum absolute atomic E-state index is 0.516. The fourth-order valence-electron chi connectivity index (χ4n) is 1.92. The van der Waals surface area contributed by atoms with E-state index in [0.29, 0.717) is 5.49 Å². The van der Waals surface area contributed by atoms with Crippen LogP contribution >= 0.6 is 0 Å². The van der Waals surface area contributed by atoms with Gasteiger partial charge in [-0.05, 0) is 18.2 Å². The molecule has 0 spiro atoms. The summed E-state index contributed by atoms with van der Waals surface area (Å²) >= 11 is 0. The Morgan fingerprint density at radius 1 is 1.12 bits per heavy atom. The largest absolute Gasteiger partial charge is 0.427 e. The fraction of sp³-hybridized carbons (Fsp3) is 0.250. The van der Waals surface area contributed by atoms with Gasteiger partial charge in [-0.1, -0.05) is 0 Å². The van der Waals surface area contributed by atoms with Crippen LogP contribution in [0.5, 0.6) is 0 Å². The van der Waals surface area contributed by atoms with Gasteiger partial charge in [0.15, 0.2) is 5.49 Å². The Hall–Kier alpha value is -2.17. The van der Waals surface area contributed by atoms with Gasteiger partial charge in [-0.2, -0.15) is 4.73 Å². The van der Waals surface area contributed by atoms with Crippen LogP contribution in [0.15, 0.2) is 29.4 Å². The van der Waals surface area contributed by atoms with E-state index in [-0.39, 0.29) is 0 Å². The first-order valence-corrected chi connectivity index (χ1v) is 5.38. The third kappa shape index (κ3) is 1.80. The van der Waals surface area contributed by atoms with Crippen molar-refractivity contribution in [2.24, 2.45) is 4.99 Å². The molecule has 2 rings (SSSR count). The monoisotopic (exact) mass is 232 g/mol. The third-order valence-corrected chi connectivity index (χ3v) is 2.81. The quantitative estimate of drug-likeness (QED) is 0.687. The summed E-state index contributed by atoms with van der Waals surface area (Å²) in [5.74, 6) is 0. The Labute approximate surface area is 99.4 Å². The number of nitrogens with one attached hydrogen (secondary N) is 2. The number of aromatic nitrogens is 1. The first-order valence-electron chi connectivity index (χ1n) is 5.38. The molecule has 0 aliphatic rings. The lowest BCUT2D eigenvalue weighted by atomic mass is 10.1. The molecule has 0 bridgehead atoms. The van der Waals surface area contributed by atoms with Crippen LogP contribution in [0, 0.1) is 0 Å². The summed E-state index contributed by atoms with van der Waals surface area (Å²) in [6.45, 7) is 0. The predicted molar refractivity (Wildman–Crippen MR) is 69.7 cm³/mol. The molecule has 0 saturated heterocycles. The van der Waals surface area contributed by atoms with Gasteiger partial charge in [-0.15, -0.1) is 0 Å². The highest BCUT2D eigenvalue weighted by atomic mass is 16.5. The molecule has 0 atom stereocenters. The van der Waals surface area contributed by atoms with Crippen LogP contribution in [0.2, 0.25) is 0 Å². The van der Waals surface area contributed by atoms with Crippen molar-refractivity contribution in [2.75, 3.05) is 31.8 Å². The first-order chi connectivity index (χ1) is 8.21. The van der Waals surface area contributed by atoms with Crippen molar-refractivity contribution in [1.29, 1.82) is 0 Å². The average Bonchev–Trinajstić information content (AvgIpc) is 2.36. The van der Waals surface area contributed by atoms with Crippen molar-refractivity contribution < 1.29 is 5.21 Å². The maximum Gasteiger partial charge on any atom is 0.163 e. The number of anilines is 2. The number of hydrogen-bond acceptors (Lipinski definition) is 4. The average molecular weight is 232 g/mol. The molecule has 1 aromatic heterocycles. The minimum atomic E-state index is 0.516. The zero-order valence-corrected chi connectivity index (χ0v) is 10.2. The molecule has 0 aliphatic heterocycles. The van der Waals surface area contributed by atoms with Crippen molar-refractivity contribution >= 4 is 22.1 Å². The maximum atomic E-state index is 9.77. The van der Waals surface area contributed by atoms with Gasteiger partial charge in [0.2, 0.25) is 0 Å². The summed E-state index contributed by atoms with van der Waals surface area (Å²) in [5, 5.41) is 18.0. The number of nitrogens with zero attached hydrogens (tertiary/aromatic N) is 2. The highest BCUT2D eigenvalue weighted by Gasteiger charge is 2.06. The summed E-state index contributed by atoms with van der Waals surface area (Å²) in [6.07, 6.45) is 1.66. The molecular formula is C12H16N4O. The molecule has 0 fully saturated rings. The Bertz CT molecular complexity index is 616. The fourth-order valence-corrected chi connectivity index (χ4v) is 1.92. The van der Waals surface area contributed by atoms with Crippen molar-refractivity contribution in [3.63, 3.8) is 0 Å². The Morgan fingerprint density at radius 2 is 1.71 bits per heavy atom. The molecule has 5 heteroatoms. The van der Waals surface area contributed by atoms with Crippen LogP contribution in [0.4, 0.5) is 11.4 Å². The van der Waals surface area contributed by atoms with E-state index in [9.17, 15) is 5.21 Å². The lowest BCUT2D eigenvalue weighted by Crippen LogP contribution is -2.17. The van der Waals surface area contributed by atoms with Crippen LogP contribution < -0.4 is 16.1 Å². The van der Waals surface area contributed by atoms with Crippen molar-refractivity contribution in [3.8, 4) is 0 Å². The van der Waals surface area contributed by atoms with E-state index in [0.717, 1.165) is 26.9 Å². The van der Waals surface area contributed by atoms with Crippen molar-refractivity contribution in [3.05, 3.63) is 29.9 Å². The number of rotatable bonds is 2.